The standard InChI is InChI=1S/C11H8N2O/c1-2-5-10-12-9-7-4-3-6-8(9)11(14)13-10/h3-4,6-7H,1H3,(H,12,13,14). The number of nitrogens with zero attached hydrogens (tertiary/aromatic N) is 1. The molecule has 0 bridgehead atoms. The van der Waals surface area contributed by atoms with Crippen molar-refractivity contribution in [1.29, 1.82) is 0 Å². The molecule has 0 spiro atoms. The van der Waals surface area contributed by atoms with Gasteiger partial charge in [0.25, 0.3) is 5.56 Å². The minimum Gasteiger partial charge on any atom is -0.299 e. The van der Waals surface area contributed by atoms with Crippen molar-refractivity contribution in [3.05, 3.63) is 40.4 Å². The summed E-state index contributed by atoms with van der Waals surface area (Å²) in [5.74, 6) is 5.83. The Morgan fingerprint density at radius 3 is 2.93 bits per heavy atom. The van der Waals surface area contributed by atoms with E-state index in [4.69, 9.17) is 0 Å². The largest absolute Gasteiger partial charge is 0.299 e. The van der Waals surface area contributed by atoms with Crippen LogP contribution >= 0.6 is 0 Å². The van der Waals surface area contributed by atoms with Crippen LogP contribution in [-0.4, -0.2) is 9.97 Å². The number of benzene rings is 1. The molecule has 0 aliphatic rings. The summed E-state index contributed by atoms with van der Waals surface area (Å²) in [6, 6.07) is 7.19. The molecule has 0 saturated heterocycles. The molecule has 3 heteroatoms. The van der Waals surface area contributed by atoms with Crippen LogP contribution in [0.1, 0.15) is 12.7 Å². The van der Waals surface area contributed by atoms with Crippen LogP contribution in [0.3, 0.4) is 0 Å². The summed E-state index contributed by atoms with van der Waals surface area (Å²) < 4.78 is 0. The number of nitrogens with one attached hydrogen (secondary N) is 1. The topological polar surface area (TPSA) is 45.8 Å². The van der Waals surface area contributed by atoms with Gasteiger partial charge in [-0.2, -0.15) is 0 Å². The number of fused-ring (bicyclic) bond motifs is 1. The highest BCUT2D eigenvalue weighted by Gasteiger charge is 1.99. The predicted octanol–water partition coefficient (Wildman–Crippen LogP) is 1.29. The molecule has 14 heavy (non-hydrogen) atoms. The van der Waals surface area contributed by atoms with Gasteiger partial charge in [-0.25, -0.2) is 4.98 Å². The van der Waals surface area contributed by atoms with Crippen LogP contribution in [0.25, 0.3) is 10.9 Å². The van der Waals surface area contributed by atoms with Gasteiger partial charge >= 0.3 is 0 Å². The lowest BCUT2D eigenvalue weighted by Gasteiger charge is -1.95. The fourth-order valence-corrected chi connectivity index (χ4v) is 1.26. The Kier molecular flexibility index (Phi) is 2.04. The van der Waals surface area contributed by atoms with E-state index in [0.29, 0.717) is 16.7 Å². The maximum atomic E-state index is 11.5. The van der Waals surface area contributed by atoms with Crippen molar-refractivity contribution < 1.29 is 0 Å². The number of aromatic amines is 1. The summed E-state index contributed by atoms with van der Waals surface area (Å²) in [6.07, 6.45) is 0. The first-order chi connectivity index (χ1) is 6.81. The maximum Gasteiger partial charge on any atom is 0.259 e. The van der Waals surface area contributed by atoms with Crippen molar-refractivity contribution in [2.24, 2.45) is 0 Å². The van der Waals surface area contributed by atoms with Gasteiger partial charge in [0, 0.05) is 0 Å². The van der Waals surface area contributed by atoms with Crippen LogP contribution in [0, 0.1) is 11.8 Å². The molecule has 2 aromatic rings. The molecule has 0 amide bonds. The fraction of sp³-hybridized carbons (Fsp3) is 0.0909. The van der Waals surface area contributed by atoms with Crippen molar-refractivity contribution in [3.63, 3.8) is 0 Å². The Morgan fingerprint density at radius 2 is 2.14 bits per heavy atom. The predicted molar refractivity (Wildman–Crippen MR) is 54.9 cm³/mol. The number of para-hydroxylation sites is 1. The third kappa shape index (κ3) is 1.38. The minimum atomic E-state index is -0.145. The highest BCUT2D eigenvalue weighted by Crippen LogP contribution is 2.04. The number of hydrogen-bond donors (Lipinski definition) is 1. The minimum absolute atomic E-state index is 0.145. The van der Waals surface area contributed by atoms with Crippen molar-refractivity contribution in [1.82, 2.24) is 9.97 Å². The van der Waals surface area contributed by atoms with E-state index in [1.165, 1.54) is 0 Å². The Labute approximate surface area is 80.8 Å². The quantitative estimate of drug-likeness (QED) is 0.627. The fourth-order valence-electron chi connectivity index (χ4n) is 1.26. The van der Waals surface area contributed by atoms with Gasteiger partial charge in [0.1, 0.15) is 0 Å². The Balaban J connectivity index is 2.83. The van der Waals surface area contributed by atoms with Gasteiger partial charge in [-0.3, -0.25) is 9.78 Å². The van der Waals surface area contributed by atoms with Gasteiger partial charge in [0.15, 0.2) is 5.82 Å². The zero-order chi connectivity index (χ0) is 9.97. The molecule has 3 nitrogen and oxygen atoms in total. The summed E-state index contributed by atoms with van der Waals surface area (Å²) in [7, 11) is 0. The van der Waals surface area contributed by atoms with E-state index in [1.54, 1.807) is 19.1 Å². The molecule has 0 aliphatic heterocycles. The van der Waals surface area contributed by atoms with E-state index in [0.717, 1.165) is 0 Å². The molecule has 68 valence electrons. The van der Waals surface area contributed by atoms with Gasteiger partial charge in [0.05, 0.1) is 10.9 Å². The van der Waals surface area contributed by atoms with Crippen molar-refractivity contribution in [3.8, 4) is 11.8 Å². The van der Waals surface area contributed by atoms with Gasteiger partial charge in [-0.1, -0.05) is 18.1 Å². The van der Waals surface area contributed by atoms with E-state index >= 15 is 0 Å². The Morgan fingerprint density at radius 1 is 1.36 bits per heavy atom. The van der Waals surface area contributed by atoms with Gasteiger partial charge in [-0.05, 0) is 25.0 Å². The third-order valence-electron chi connectivity index (χ3n) is 1.86. The van der Waals surface area contributed by atoms with Gasteiger partial charge < -0.3 is 0 Å². The van der Waals surface area contributed by atoms with Crippen LogP contribution in [-0.2, 0) is 0 Å². The highest BCUT2D eigenvalue weighted by molar-refractivity contribution is 5.77. The molecule has 1 heterocycles. The van der Waals surface area contributed by atoms with Crippen molar-refractivity contribution in [2.75, 3.05) is 0 Å². The molecule has 0 unspecified atom stereocenters. The van der Waals surface area contributed by atoms with E-state index in [2.05, 4.69) is 21.8 Å². The van der Waals surface area contributed by atoms with E-state index in [-0.39, 0.29) is 5.56 Å². The summed E-state index contributed by atoms with van der Waals surface area (Å²) in [4.78, 5) is 18.3. The van der Waals surface area contributed by atoms with Crippen molar-refractivity contribution >= 4 is 10.9 Å². The van der Waals surface area contributed by atoms with Crippen LogP contribution in [0.15, 0.2) is 29.1 Å². The number of H-pyrrole nitrogens is 1. The van der Waals surface area contributed by atoms with Crippen LogP contribution < -0.4 is 5.56 Å². The molecule has 1 N–H and O–H groups in total. The molecular formula is C11H8N2O. The molecular weight excluding hydrogens is 176 g/mol. The van der Waals surface area contributed by atoms with E-state index in [1.807, 2.05) is 12.1 Å². The smallest absolute Gasteiger partial charge is 0.259 e. The van der Waals surface area contributed by atoms with E-state index in [9.17, 15) is 4.79 Å². The average Bonchev–Trinajstić information content (AvgIpc) is 2.18. The zero-order valence-electron chi connectivity index (χ0n) is 7.66. The van der Waals surface area contributed by atoms with E-state index < -0.39 is 0 Å². The second-order valence-electron chi connectivity index (χ2n) is 2.81. The van der Waals surface area contributed by atoms with Crippen LogP contribution in [0.4, 0.5) is 0 Å². The number of aromatic nitrogens is 2. The first-order valence-electron chi connectivity index (χ1n) is 4.23. The molecule has 1 aromatic carbocycles. The lowest BCUT2D eigenvalue weighted by atomic mass is 10.2. The molecule has 1 aromatic heterocycles. The molecule has 0 saturated carbocycles. The number of rotatable bonds is 0. The summed E-state index contributed by atoms with van der Waals surface area (Å²) in [6.45, 7) is 1.70. The highest BCUT2D eigenvalue weighted by atomic mass is 16.1. The summed E-state index contributed by atoms with van der Waals surface area (Å²) >= 11 is 0. The first kappa shape index (κ1) is 8.52. The monoisotopic (exact) mass is 184 g/mol. The third-order valence-corrected chi connectivity index (χ3v) is 1.86. The normalized spacial score (nSPS) is 9.50. The Bertz CT molecular complexity index is 587. The lowest BCUT2D eigenvalue weighted by molar-refractivity contribution is 1.13. The van der Waals surface area contributed by atoms with Gasteiger partial charge in [0.2, 0.25) is 0 Å². The number of hydrogen-bond acceptors (Lipinski definition) is 2. The van der Waals surface area contributed by atoms with Crippen LogP contribution in [0.2, 0.25) is 0 Å². The average molecular weight is 184 g/mol. The molecule has 0 radical (unpaired) electrons. The molecule has 0 fully saturated rings. The maximum absolute atomic E-state index is 11.5. The lowest BCUT2D eigenvalue weighted by Crippen LogP contribution is -2.09. The second-order valence-corrected chi connectivity index (χ2v) is 2.81. The SMILES string of the molecule is CC#Cc1nc2ccccc2c(=O)[nH]1. The summed E-state index contributed by atoms with van der Waals surface area (Å²) in [5.41, 5.74) is 0.530. The summed E-state index contributed by atoms with van der Waals surface area (Å²) in [5, 5.41) is 0.592. The zero-order valence-corrected chi connectivity index (χ0v) is 7.66. The molecule has 0 aliphatic carbocycles. The van der Waals surface area contributed by atoms with Crippen LogP contribution in [0.5, 0.6) is 0 Å². The van der Waals surface area contributed by atoms with Gasteiger partial charge in [-0.15, -0.1) is 0 Å². The molecule has 2 rings (SSSR count). The molecule has 0 atom stereocenters. The Hall–Kier alpha value is -2.08. The second kappa shape index (κ2) is 3.35. The first-order valence-corrected chi connectivity index (χ1v) is 4.23. The van der Waals surface area contributed by atoms with Crippen molar-refractivity contribution in [2.45, 2.75) is 6.92 Å².